The average Bonchev–Trinajstić information content (AvgIpc) is 3.46. The molecule has 3 saturated heterocycles. The van der Waals surface area contributed by atoms with E-state index in [1.165, 1.54) is 43.6 Å². The number of carbonyl (C=O) groups is 2. The first kappa shape index (κ1) is 22.5. The van der Waals surface area contributed by atoms with Gasteiger partial charge in [-0.25, -0.2) is 0 Å². The highest BCUT2D eigenvalue weighted by Crippen LogP contribution is 2.32. The monoisotopic (exact) mass is 448 g/mol. The average molecular weight is 449 g/mol. The molecule has 8 nitrogen and oxygen atoms in total. The lowest BCUT2D eigenvalue weighted by Gasteiger charge is -2.35. The molecule has 0 bridgehead atoms. The lowest BCUT2D eigenvalue weighted by atomic mass is 9.96. The zero-order chi connectivity index (χ0) is 21.6. The number of hydrogen-bond acceptors (Lipinski definition) is 7. The second kappa shape index (κ2) is 10.7. The third-order valence-electron chi connectivity index (χ3n) is 6.99. The van der Waals surface area contributed by atoms with Gasteiger partial charge in [-0.05, 0) is 51.5 Å². The highest BCUT2D eigenvalue weighted by molar-refractivity contribution is 7.19. The molecule has 3 aliphatic rings. The van der Waals surface area contributed by atoms with Crippen LogP contribution in [0.4, 0.5) is 10.3 Å². The Morgan fingerprint density at radius 3 is 2.61 bits per heavy atom. The number of anilines is 2. The number of aromatic nitrogens is 2. The molecule has 1 N–H and O–H groups in total. The van der Waals surface area contributed by atoms with Gasteiger partial charge in [0.05, 0.1) is 0 Å². The van der Waals surface area contributed by atoms with Gasteiger partial charge in [0.25, 0.3) is 0 Å². The predicted octanol–water partition coefficient (Wildman–Crippen LogP) is 2.65. The molecular weight excluding hydrogens is 412 g/mol. The summed E-state index contributed by atoms with van der Waals surface area (Å²) >= 11 is 1.49. The molecule has 2 amide bonds. The Morgan fingerprint density at radius 1 is 1.06 bits per heavy atom. The van der Waals surface area contributed by atoms with Gasteiger partial charge in [-0.1, -0.05) is 24.7 Å². The molecule has 0 spiro atoms. The Bertz CT molecular complexity index is 748. The number of amides is 2. The van der Waals surface area contributed by atoms with E-state index in [0.29, 0.717) is 11.6 Å². The van der Waals surface area contributed by atoms with Crippen LogP contribution in [-0.2, 0) is 9.59 Å². The summed E-state index contributed by atoms with van der Waals surface area (Å²) in [6, 6.07) is 0.734. The largest absolute Gasteiger partial charge is 0.356 e. The van der Waals surface area contributed by atoms with Gasteiger partial charge >= 0.3 is 0 Å². The molecule has 31 heavy (non-hydrogen) atoms. The van der Waals surface area contributed by atoms with Crippen LogP contribution in [0.25, 0.3) is 0 Å². The van der Waals surface area contributed by atoms with Crippen molar-refractivity contribution in [3.8, 4) is 0 Å². The SMILES string of the molecule is CC[C@H]1CCCCN1CCCNC(=O)C1CCN(c2nnc(N3CCCC3=O)s2)CC1. The molecule has 0 aromatic carbocycles. The molecule has 9 heteroatoms. The summed E-state index contributed by atoms with van der Waals surface area (Å²) in [7, 11) is 0. The van der Waals surface area contributed by atoms with Crippen molar-refractivity contribution in [2.45, 2.75) is 70.8 Å². The Morgan fingerprint density at radius 2 is 1.87 bits per heavy atom. The fraction of sp³-hybridized carbons (Fsp3) is 0.818. The van der Waals surface area contributed by atoms with Crippen molar-refractivity contribution in [2.75, 3.05) is 49.1 Å². The summed E-state index contributed by atoms with van der Waals surface area (Å²) in [5.41, 5.74) is 0. The Kier molecular flexibility index (Phi) is 7.76. The van der Waals surface area contributed by atoms with Crippen molar-refractivity contribution in [3.63, 3.8) is 0 Å². The maximum absolute atomic E-state index is 12.6. The fourth-order valence-corrected chi connectivity index (χ4v) is 6.02. The minimum absolute atomic E-state index is 0.0854. The first-order valence-corrected chi connectivity index (χ1v) is 12.9. The number of piperidine rings is 2. The lowest BCUT2D eigenvalue weighted by molar-refractivity contribution is -0.125. The van der Waals surface area contributed by atoms with Crippen LogP contribution in [0.15, 0.2) is 0 Å². The number of rotatable bonds is 8. The maximum Gasteiger partial charge on any atom is 0.228 e. The zero-order valence-electron chi connectivity index (χ0n) is 18.7. The molecule has 0 unspecified atom stereocenters. The molecule has 1 atom stereocenters. The van der Waals surface area contributed by atoms with E-state index in [2.05, 4.69) is 32.2 Å². The summed E-state index contributed by atoms with van der Waals surface area (Å²) in [5.74, 6) is 0.428. The van der Waals surface area contributed by atoms with Crippen LogP contribution >= 0.6 is 11.3 Å². The minimum atomic E-state index is 0.0854. The minimum Gasteiger partial charge on any atom is -0.356 e. The van der Waals surface area contributed by atoms with Crippen LogP contribution in [0, 0.1) is 5.92 Å². The highest BCUT2D eigenvalue weighted by Gasteiger charge is 2.29. The van der Waals surface area contributed by atoms with Crippen LogP contribution in [0.1, 0.15) is 64.7 Å². The van der Waals surface area contributed by atoms with Gasteiger partial charge in [-0.15, -0.1) is 10.2 Å². The standard InChI is InChI=1S/C22H36N6O2S/c1-2-18-7-3-4-12-26(18)13-6-11-23-20(30)17-9-15-27(16-10-17)21-24-25-22(31-21)28-14-5-8-19(28)29/h17-18H,2-16H2,1H3,(H,23,30)/t18-/m0/s1. The van der Waals surface area contributed by atoms with Crippen LogP contribution in [0.5, 0.6) is 0 Å². The van der Waals surface area contributed by atoms with Crippen molar-refractivity contribution >= 4 is 33.4 Å². The Hall–Kier alpha value is -1.74. The summed E-state index contributed by atoms with van der Waals surface area (Å²) in [4.78, 5) is 31.1. The van der Waals surface area contributed by atoms with Gasteiger partial charge in [-0.2, -0.15) is 0 Å². The lowest BCUT2D eigenvalue weighted by Crippen LogP contribution is -2.42. The van der Waals surface area contributed by atoms with Crippen LogP contribution < -0.4 is 15.1 Å². The molecule has 0 radical (unpaired) electrons. The summed E-state index contributed by atoms with van der Waals surface area (Å²) in [6.45, 7) is 7.73. The second-order valence-corrected chi connectivity index (χ2v) is 9.95. The van der Waals surface area contributed by atoms with Gasteiger partial charge in [-0.3, -0.25) is 14.5 Å². The summed E-state index contributed by atoms with van der Waals surface area (Å²) in [6.07, 6.45) is 9.44. The molecular formula is C22H36N6O2S. The predicted molar refractivity (Wildman–Crippen MR) is 124 cm³/mol. The number of nitrogens with one attached hydrogen (secondary N) is 1. The maximum atomic E-state index is 12.6. The molecule has 172 valence electrons. The van der Waals surface area contributed by atoms with E-state index in [1.54, 1.807) is 4.90 Å². The zero-order valence-corrected chi connectivity index (χ0v) is 19.5. The van der Waals surface area contributed by atoms with Gasteiger partial charge in [0, 0.05) is 51.1 Å². The molecule has 0 aliphatic carbocycles. The van der Waals surface area contributed by atoms with Gasteiger partial charge in [0.2, 0.25) is 22.1 Å². The second-order valence-electron chi connectivity index (χ2n) is 9.02. The number of carbonyl (C=O) groups excluding carboxylic acids is 2. The Labute approximate surface area is 189 Å². The summed E-state index contributed by atoms with van der Waals surface area (Å²) in [5, 5.41) is 13.3. The quantitative estimate of drug-likeness (QED) is 0.616. The molecule has 3 fully saturated rings. The van der Waals surface area contributed by atoms with E-state index in [9.17, 15) is 9.59 Å². The summed E-state index contributed by atoms with van der Waals surface area (Å²) < 4.78 is 0. The van der Waals surface area contributed by atoms with E-state index >= 15 is 0 Å². The van der Waals surface area contributed by atoms with Crippen molar-refractivity contribution in [3.05, 3.63) is 0 Å². The highest BCUT2D eigenvalue weighted by atomic mass is 32.1. The molecule has 4 heterocycles. The molecule has 0 saturated carbocycles. The van der Waals surface area contributed by atoms with Crippen molar-refractivity contribution < 1.29 is 9.59 Å². The van der Waals surface area contributed by atoms with Gasteiger partial charge in [0.15, 0.2) is 0 Å². The Balaban J connectivity index is 1.16. The first-order valence-electron chi connectivity index (χ1n) is 12.1. The number of hydrogen-bond donors (Lipinski definition) is 1. The smallest absolute Gasteiger partial charge is 0.228 e. The van der Waals surface area contributed by atoms with E-state index in [1.807, 2.05) is 0 Å². The van der Waals surface area contributed by atoms with Crippen molar-refractivity contribution in [1.29, 1.82) is 0 Å². The van der Waals surface area contributed by atoms with Crippen molar-refractivity contribution in [1.82, 2.24) is 20.4 Å². The van der Waals surface area contributed by atoms with Crippen LogP contribution in [0.3, 0.4) is 0 Å². The van der Waals surface area contributed by atoms with E-state index in [4.69, 9.17) is 0 Å². The fourth-order valence-electron chi connectivity index (χ4n) is 5.08. The van der Waals surface area contributed by atoms with E-state index in [0.717, 1.165) is 69.6 Å². The molecule has 3 aliphatic heterocycles. The van der Waals surface area contributed by atoms with E-state index < -0.39 is 0 Å². The van der Waals surface area contributed by atoms with Gasteiger partial charge < -0.3 is 15.1 Å². The van der Waals surface area contributed by atoms with Gasteiger partial charge in [0.1, 0.15) is 0 Å². The normalized spacial score (nSPS) is 23.5. The molecule has 1 aromatic heterocycles. The first-order chi connectivity index (χ1) is 15.2. The van der Waals surface area contributed by atoms with Crippen LogP contribution in [-0.4, -0.2) is 72.2 Å². The van der Waals surface area contributed by atoms with E-state index in [-0.39, 0.29) is 17.7 Å². The topological polar surface area (TPSA) is 81.7 Å². The molecule has 4 rings (SSSR count). The number of nitrogens with zero attached hydrogens (tertiary/aromatic N) is 5. The van der Waals surface area contributed by atoms with Crippen LogP contribution in [0.2, 0.25) is 0 Å². The molecule has 1 aromatic rings. The third kappa shape index (κ3) is 5.55. The number of likely N-dealkylation sites (tertiary alicyclic amines) is 1. The van der Waals surface area contributed by atoms with Crippen molar-refractivity contribution in [2.24, 2.45) is 5.92 Å². The third-order valence-corrected chi connectivity index (χ3v) is 7.99.